The highest BCUT2D eigenvalue weighted by atomic mass is 16.2. The number of rotatable bonds is 3. The van der Waals surface area contributed by atoms with Gasteiger partial charge < -0.3 is 15.5 Å². The number of carbonyl (C=O) groups excluding carboxylic acids is 1. The predicted molar refractivity (Wildman–Crippen MR) is 94.2 cm³/mol. The average molecular weight is 310 g/mol. The molecule has 5 nitrogen and oxygen atoms in total. The molecule has 0 radical (unpaired) electrons. The Morgan fingerprint density at radius 3 is 2.48 bits per heavy atom. The Bertz CT molecular complexity index is 688. The number of carbonyl (C=O) groups is 1. The number of pyridine rings is 1. The van der Waals surface area contributed by atoms with Crippen LogP contribution in [0.15, 0.2) is 36.5 Å². The first-order valence-electron chi connectivity index (χ1n) is 7.98. The van der Waals surface area contributed by atoms with E-state index in [1.165, 1.54) is 12.8 Å². The molecule has 1 aliphatic heterocycles. The van der Waals surface area contributed by atoms with Crippen molar-refractivity contribution in [1.29, 1.82) is 0 Å². The molecule has 0 atom stereocenters. The highest BCUT2D eigenvalue weighted by Crippen LogP contribution is 2.26. The van der Waals surface area contributed by atoms with Crippen LogP contribution in [0.3, 0.4) is 0 Å². The standard InChI is InChI=1S/C18H22N4O/c1-13-10-14(2)12-15(11-13)20-18(23)21-16-6-5-7-19-17(16)22-8-3-4-9-22/h5-7,10-12H,3-4,8-9H2,1-2H3,(H2,20,21,23). The van der Waals surface area contributed by atoms with Crippen LogP contribution in [0.4, 0.5) is 22.0 Å². The van der Waals surface area contributed by atoms with Gasteiger partial charge in [0.1, 0.15) is 0 Å². The minimum Gasteiger partial charge on any atom is -0.355 e. The third-order valence-electron chi connectivity index (χ3n) is 3.92. The van der Waals surface area contributed by atoms with Crippen molar-refractivity contribution in [2.45, 2.75) is 26.7 Å². The zero-order valence-corrected chi connectivity index (χ0v) is 13.6. The first-order chi connectivity index (χ1) is 11.1. The van der Waals surface area contributed by atoms with Gasteiger partial charge in [0.2, 0.25) is 0 Å². The van der Waals surface area contributed by atoms with Gasteiger partial charge in [0, 0.05) is 25.0 Å². The van der Waals surface area contributed by atoms with E-state index in [9.17, 15) is 4.79 Å². The van der Waals surface area contributed by atoms with Gasteiger partial charge in [-0.25, -0.2) is 9.78 Å². The number of nitrogens with one attached hydrogen (secondary N) is 2. The lowest BCUT2D eigenvalue weighted by Crippen LogP contribution is -2.24. The van der Waals surface area contributed by atoms with Crippen molar-refractivity contribution in [3.8, 4) is 0 Å². The fraction of sp³-hybridized carbons (Fsp3) is 0.333. The van der Waals surface area contributed by atoms with Crippen molar-refractivity contribution in [3.63, 3.8) is 0 Å². The highest BCUT2D eigenvalue weighted by Gasteiger charge is 2.17. The summed E-state index contributed by atoms with van der Waals surface area (Å²) in [6, 6.07) is 9.47. The Kier molecular flexibility index (Phi) is 4.46. The zero-order chi connectivity index (χ0) is 16.2. The Morgan fingerprint density at radius 1 is 1.09 bits per heavy atom. The summed E-state index contributed by atoms with van der Waals surface area (Å²) in [6.45, 7) is 6.01. The fourth-order valence-corrected chi connectivity index (χ4v) is 3.01. The van der Waals surface area contributed by atoms with E-state index in [1.807, 2.05) is 38.1 Å². The number of aryl methyl sites for hydroxylation is 2. The zero-order valence-electron chi connectivity index (χ0n) is 13.6. The van der Waals surface area contributed by atoms with Crippen molar-refractivity contribution >= 4 is 23.2 Å². The maximum absolute atomic E-state index is 12.3. The molecule has 0 aliphatic carbocycles. The molecule has 1 aromatic carbocycles. The molecule has 0 bridgehead atoms. The van der Waals surface area contributed by atoms with Crippen molar-refractivity contribution in [3.05, 3.63) is 47.7 Å². The van der Waals surface area contributed by atoms with Gasteiger partial charge >= 0.3 is 6.03 Å². The van der Waals surface area contributed by atoms with Gasteiger partial charge in [0.25, 0.3) is 0 Å². The van der Waals surface area contributed by atoms with Crippen LogP contribution < -0.4 is 15.5 Å². The number of urea groups is 1. The average Bonchev–Trinajstić information content (AvgIpc) is 3.00. The maximum atomic E-state index is 12.3. The van der Waals surface area contributed by atoms with Crippen molar-refractivity contribution in [2.24, 2.45) is 0 Å². The maximum Gasteiger partial charge on any atom is 0.323 e. The summed E-state index contributed by atoms with van der Waals surface area (Å²) in [5, 5.41) is 5.81. The molecule has 0 saturated carbocycles. The normalized spacial score (nSPS) is 13.9. The molecule has 1 fully saturated rings. The number of anilines is 3. The molecule has 2 aromatic rings. The summed E-state index contributed by atoms with van der Waals surface area (Å²) < 4.78 is 0. The molecule has 2 heterocycles. The Hall–Kier alpha value is -2.56. The molecule has 0 spiro atoms. The predicted octanol–water partition coefficient (Wildman–Crippen LogP) is 3.94. The smallest absolute Gasteiger partial charge is 0.323 e. The number of hydrogen-bond acceptors (Lipinski definition) is 3. The van der Waals surface area contributed by atoms with Crippen molar-refractivity contribution < 1.29 is 4.79 Å². The summed E-state index contributed by atoms with van der Waals surface area (Å²) >= 11 is 0. The Morgan fingerprint density at radius 2 is 1.78 bits per heavy atom. The molecular formula is C18H22N4O. The molecule has 120 valence electrons. The quantitative estimate of drug-likeness (QED) is 0.902. The molecule has 3 rings (SSSR count). The molecule has 2 amide bonds. The van der Waals surface area contributed by atoms with Crippen LogP contribution in [0.2, 0.25) is 0 Å². The first-order valence-corrected chi connectivity index (χ1v) is 7.98. The van der Waals surface area contributed by atoms with Crippen LogP contribution in [0.25, 0.3) is 0 Å². The number of amides is 2. The number of aromatic nitrogens is 1. The molecule has 5 heteroatoms. The minimum atomic E-state index is -0.247. The van der Waals surface area contributed by atoms with Gasteiger partial charge in [-0.3, -0.25) is 0 Å². The van der Waals surface area contributed by atoms with E-state index in [2.05, 4.69) is 26.6 Å². The van der Waals surface area contributed by atoms with Crippen LogP contribution in [-0.4, -0.2) is 24.1 Å². The van der Waals surface area contributed by atoms with Gasteiger partial charge in [0.05, 0.1) is 5.69 Å². The lowest BCUT2D eigenvalue weighted by Gasteiger charge is -2.20. The van der Waals surface area contributed by atoms with Gasteiger partial charge in [-0.1, -0.05) is 6.07 Å². The van der Waals surface area contributed by atoms with E-state index in [1.54, 1.807) is 6.20 Å². The molecular weight excluding hydrogens is 288 g/mol. The highest BCUT2D eigenvalue weighted by molar-refractivity contribution is 6.01. The number of nitrogens with zero attached hydrogens (tertiary/aromatic N) is 2. The largest absolute Gasteiger partial charge is 0.355 e. The summed E-state index contributed by atoms with van der Waals surface area (Å²) in [4.78, 5) is 19.0. The van der Waals surface area contributed by atoms with Crippen LogP contribution in [-0.2, 0) is 0 Å². The van der Waals surface area contributed by atoms with Crippen LogP contribution >= 0.6 is 0 Å². The lowest BCUT2D eigenvalue weighted by atomic mass is 10.1. The summed E-state index contributed by atoms with van der Waals surface area (Å²) in [6.07, 6.45) is 4.11. The van der Waals surface area contributed by atoms with E-state index in [4.69, 9.17) is 0 Å². The second-order valence-corrected chi connectivity index (χ2v) is 6.02. The molecule has 1 aromatic heterocycles. The van der Waals surface area contributed by atoms with Gasteiger partial charge in [-0.15, -0.1) is 0 Å². The molecule has 0 unspecified atom stereocenters. The third kappa shape index (κ3) is 3.80. The number of benzene rings is 1. The van der Waals surface area contributed by atoms with Gasteiger partial charge in [0.15, 0.2) is 5.82 Å². The van der Waals surface area contributed by atoms with Crippen LogP contribution in [0, 0.1) is 13.8 Å². The summed E-state index contributed by atoms with van der Waals surface area (Å²) in [5.74, 6) is 0.848. The van der Waals surface area contributed by atoms with E-state index in [-0.39, 0.29) is 6.03 Å². The van der Waals surface area contributed by atoms with E-state index < -0.39 is 0 Å². The monoisotopic (exact) mass is 310 g/mol. The molecule has 2 N–H and O–H groups in total. The Balaban J connectivity index is 1.72. The molecule has 1 saturated heterocycles. The van der Waals surface area contributed by atoms with E-state index in [0.29, 0.717) is 0 Å². The van der Waals surface area contributed by atoms with Crippen molar-refractivity contribution in [1.82, 2.24) is 4.98 Å². The first kappa shape index (κ1) is 15.3. The second-order valence-electron chi connectivity index (χ2n) is 6.02. The molecule has 23 heavy (non-hydrogen) atoms. The summed E-state index contributed by atoms with van der Waals surface area (Å²) in [5.41, 5.74) is 3.79. The van der Waals surface area contributed by atoms with Crippen molar-refractivity contribution in [2.75, 3.05) is 28.6 Å². The van der Waals surface area contributed by atoms with E-state index >= 15 is 0 Å². The van der Waals surface area contributed by atoms with Gasteiger partial charge in [-0.05, 0) is 62.1 Å². The SMILES string of the molecule is Cc1cc(C)cc(NC(=O)Nc2cccnc2N2CCCC2)c1. The lowest BCUT2D eigenvalue weighted by molar-refractivity contribution is 0.262. The van der Waals surface area contributed by atoms with E-state index in [0.717, 1.165) is 41.4 Å². The second kappa shape index (κ2) is 6.69. The van der Waals surface area contributed by atoms with Gasteiger partial charge in [-0.2, -0.15) is 0 Å². The topological polar surface area (TPSA) is 57.3 Å². The third-order valence-corrected chi connectivity index (χ3v) is 3.92. The minimum absolute atomic E-state index is 0.247. The molecule has 1 aliphatic rings. The van der Waals surface area contributed by atoms with Crippen LogP contribution in [0.1, 0.15) is 24.0 Å². The summed E-state index contributed by atoms with van der Waals surface area (Å²) in [7, 11) is 0. The Labute approximate surface area is 136 Å². The fourth-order valence-electron chi connectivity index (χ4n) is 3.01. The van der Waals surface area contributed by atoms with Crippen LogP contribution in [0.5, 0.6) is 0 Å². The number of hydrogen-bond donors (Lipinski definition) is 2.